The van der Waals surface area contributed by atoms with Gasteiger partial charge >= 0.3 is 0 Å². The number of aliphatic hydroxyl groups is 1. The molecule has 0 spiro atoms. The van der Waals surface area contributed by atoms with Crippen molar-refractivity contribution in [1.29, 1.82) is 0 Å². The summed E-state index contributed by atoms with van der Waals surface area (Å²) in [5.74, 6) is 2.01. The summed E-state index contributed by atoms with van der Waals surface area (Å²) in [5, 5.41) is 9.84. The molecule has 0 saturated heterocycles. The molecule has 1 N–H and O–H groups in total. The molecule has 0 aromatic heterocycles. The van der Waals surface area contributed by atoms with E-state index in [4.69, 9.17) is 9.47 Å². The SMILES string of the molecule is COc1cc(CC2CCCC2O)cc(OC)c1. The second-order valence-corrected chi connectivity index (χ2v) is 4.68. The molecule has 2 unspecified atom stereocenters. The molecule has 1 saturated carbocycles. The summed E-state index contributed by atoms with van der Waals surface area (Å²) in [6, 6.07) is 5.91. The largest absolute Gasteiger partial charge is 0.497 e. The summed E-state index contributed by atoms with van der Waals surface area (Å²) in [6.07, 6.45) is 3.93. The van der Waals surface area contributed by atoms with Gasteiger partial charge in [-0.3, -0.25) is 0 Å². The molecule has 0 amide bonds. The van der Waals surface area contributed by atoms with Gasteiger partial charge in [0.15, 0.2) is 0 Å². The Morgan fingerprint density at radius 2 is 1.76 bits per heavy atom. The highest BCUT2D eigenvalue weighted by Gasteiger charge is 2.25. The van der Waals surface area contributed by atoms with E-state index in [-0.39, 0.29) is 6.10 Å². The fourth-order valence-electron chi connectivity index (χ4n) is 2.54. The van der Waals surface area contributed by atoms with Crippen LogP contribution in [0, 0.1) is 5.92 Å². The molecule has 3 nitrogen and oxygen atoms in total. The van der Waals surface area contributed by atoms with Crippen molar-refractivity contribution < 1.29 is 14.6 Å². The van der Waals surface area contributed by atoms with E-state index >= 15 is 0 Å². The molecule has 0 heterocycles. The van der Waals surface area contributed by atoms with Gasteiger partial charge in [0, 0.05) is 6.07 Å². The molecule has 0 aliphatic heterocycles. The molecule has 1 fully saturated rings. The predicted molar refractivity (Wildman–Crippen MR) is 66.6 cm³/mol. The summed E-state index contributed by atoms with van der Waals surface area (Å²) >= 11 is 0. The monoisotopic (exact) mass is 236 g/mol. The quantitative estimate of drug-likeness (QED) is 0.872. The van der Waals surface area contributed by atoms with Gasteiger partial charge in [0.05, 0.1) is 20.3 Å². The standard InChI is InChI=1S/C14H20O3/c1-16-12-7-10(8-13(9-12)17-2)6-11-4-3-5-14(11)15/h7-9,11,14-15H,3-6H2,1-2H3. The Morgan fingerprint density at radius 1 is 1.12 bits per heavy atom. The van der Waals surface area contributed by atoms with Crippen LogP contribution in [0.25, 0.3) is 0 Å². The van der Waals surface area contributed by atoms with E-state index in [1.165, 1.54) is 5.56 Å². The first-order valence-corrected chi connectivity index (χ1v) is 6.13. The van der Waals surface area contributed by atoms with Gasteiger partial charge in [0.1, 0.15) is 11.5 Å². The molecule has 1 aromatic carbocycles. The average Bonchev–Trinajstić information content (AvgIpc) is 2.74. The number of hydrogen-bond donors (Lipinski definition) is 1. The lowest BCUT2D eigenvalue weighted by molar-refractivity contribution is 0.132. The normalized spacial score (nSPS) is 23.7. The maximum atomic E-state index is 9.84. The van der Waals surface area contributed by atoms with Crippen LogP contribution in [-0.4, -0.2) is 25.4 Å². The summed E-state index contributed by atoms with van der Waals surface area (Å²) < 4.78 is 10.5. The van der Waals surface area contributed by atoms with Crippen LogP contribution in [-0.2, 0) is 6.42 Å². The Kier molecular flexibility index (Phi) is 3.89. The third-order valence-electron chi connectivity index (χ3n) is 3.53. The van der Waals surface area contributed by atoms with E-state index < -0.39 is 0 Å². The van der Waals surface area contributed by atoms with Gasteiger partial charge in [-0.2, -0.15) is 0 Å². The fraction of sp³-hybridized carbons (Fsp3) is 0.571. The van der Waals surface area contributed by atoms with E-state index in [9.17, 15) is 5.11 Å². The van der Waals surface area contributed by atoms with Crippen LogP contribution >= 0.6 is 0 Å². The Labute approximate surface area is 102 Å². The maximum absolute atomic E-state index is 9.84. The van der Waals surface area contributed by atoms with Crippen molar-refractivity contribution in [2.24, 2.45) is 5.92 Å². The maximum Gasteiger partial charge on any atom is 0.122 e. The molecule has 0 bridgehead atoms. The minimum atomic E-state index is -0.146. The smallest absolute Gasteiger partial charge is 0.122 e. The van der Waals surface area contributed by atoms with Crippen LogP contribution in [0.1, 0.15) is 24.8 Å². The van der Waals surface area contributed by atoms with Crippen LogP contribution in [0.4, 0.5) is 0 Å². The Hall–Kier alpha value is -1.22. The summed E-state index contributed by atoms with van der Waals surface area (Å²) in [4.78, 5) is 0. The molecule has 94 valence electrons. The molecule has 2 atom stereocenters. The number of aliphatic hydroxyl groups excluding tert-OH is 1. The highest BCUT2D eigenvalue weighted by Crippen LogP contribution is 2.31. The third kappa shape index (κ3) is 2.91. The molecule has 3 heteroatoms. The Morgan fingerprint density at radius 3 is 2.24 bits per heavy atom. The highest BCUT2D eigenvalue weighted by molar-refractivity contribution is 5.38. The van der Waals surface area contributed by atoms with Crippen molar-refractivity contribution in [3.63, 3.8) is 0 Å². The van der Waals surface area contributed by atoms with Gasteiger partial charge in [-0.1, -0.05) is 6.42 Å². The molecule has 17 heavy (non-hydrogen) atoms. The van der Waals surface area contributed by atoms with Crippen LogP contribution in [0.2, 0.25) is 0 Å². The minimum Gasteiger partial charge on any atom is -0.497 e. The van der Waals surface area contributed by atoms with Gasteiger partial charge in [-0.25, -0.2) is 0 Å². The zero-order valence-corrected chi connectivity index (χ0v) is 10.5. The predicted octanol–water partition coefficient (Wildman–Crippen LogP) is 2.41. The molecule has 0 radical (unpaired) electrons. The molecular formula is C14H20O3. The first-order valence-electron chi connectivity index (χ1n) is 6.13. The summed E-state index contributed by atoms with van der Waals surface area (Å²) in [6.45, 7) is 0. The average molecular weight is 236 g/mol. The van der Waals surface area contributed by atoms with Crippen molar-refractivity contribution in [3.05, 3.63) is 23.8 Å². The van der Waals surface area contributed by atoms with Crippen molar-refractivity contribution >= 4 is 0 Å². The van der Waals surface area contributed by atoms with E-state index in [1.807, 2.05) is 18.2 Å². The van der Waals surface area contributed by atoms with E-state index in [2.05, 4.69) is 0 Å². The molecular weight excluding hydrogens is 216 g/mol. The topological polar surface area (TPSA) is 38.7 Å². The Balaban J connectivity index is 2.14. The second-order valence-electron chi connectivity index (χ2n) is 4.68. The molecule has 2 rings (SSSR count). The minimum absolute atomic E-state index is 0.146. The third-order valence-corrected chi connectivity index (χ3v) is 3.53. The molecule has 1 aliphatic carbocycles. The van der Waals surface area contributed by atoms with Gasteiger partial charge < -0.3 is 14.6 Å². The lowest BCUT2D eigenvalue weighted by atomic mass is 9.96. The first kappa shape index (κ1) is 12.2. The van der Waals surface area contributed by atoms with Gasteiger partial charge in [0.25, 0.3) is 0 Å². The lowest BCUT2D eigenvalue weighted by Crippen LogP contribution is -2.15. The second kappa shape index (κ2) is 5.41. The van der Waals surface area contributed by atoms with Crippen LogP contribution in [0.3, 0.4) is 0 Å². The van der Waals surface area contributed by atoms with Crippen molar-refractivity contribution in [2.45, 2.75) is 31.8 Å². The fourth-order valence-corrected chi connectivity index (χ4v) is 2.54. The van der Waals surface area contributed by atoms with Gasteiger partial charge in [-0.15, -0.1) is 0 Å². The number of benzene rings is 1. The first-order chi connectivity index (χ1) is 8.22. The van der Waals surface area contributed by atoms with E-state index in [0.717, 1.165) is 37.2 Å². The van der Waals surface area contributed by atoms with Crippen molar-refractivity contribution in [1.82, 2.24) is 0 Å². The number of rotatable bonds is 4. The summed E-state index contributed by atoms with van der Waals surface area (Å²) in [7, 11) is 3.31. The lowest BCUT2D eigenvalue weighted by Gasteiger charge is -2.15. The van der Waals surface area contributed by atoms with Crippen LogP contribution in [0.15, 0.2) is 18.2 Å². The summed E-state index contributed by atoms with van der Waals surface area (Å²) in [5.41, 5.74) is 1.17. The zero-order chi connectivity index (χ0) is 12.3. The van der Waals surface area contributed by atoms with Gasteiger partial charge in [-0.05, 0) is 42.9 Å². The van der Waals surface area contributed by atoms with Crippen LogP contribution in [0.5, 0.6) is 11.5 Å². The molecule has 1 aliphatic rings. The molecule has 1 aromatic rings. The van der Waals surface area contributed by atoms with E-state index in [0.29, 0.717) is 5.92 Å². The van der Waals surface area contributed by atoms with Crippen molar-refractivity contribution in [3.8, 4) is 11.5 Å². The number of hydrogen-bond acceptors (Lipinski definition) is 3. The van der Waals surface area contributed by atoms with E-state index in [1.54, 1.807) is 14.2 Å². The zero-order valence-electron chi connectivity index (χ0n) is 10.5. The van der Waals surface area contributed by atoms with Gasteiger partial charge in [0.2, 0.25) is 0 Å². The number of methoxy groups -OCH3 is 2. The Bertz CT molecular complexity index is 353. The highest BCUT2D eigenvalue weighted by atomic mass is 16.5. The van der Waals surface area contributed by atoms with Crippen LogP contribution < -0.4 is 9.47 Å². The number of ether oxygens (including phenoxy) is 2. The van der Waals surface area contributed by atoms with Crippen molar-refractivity contribution in [2.75, 3.05) is 14.2 Å².